The highest BCUT2D eigenvalue weighted by atomic mass is 35.5. The molecule has 1 nitrogen and oxygen atoms in total. The van der Waals surface area contributed by atoms with Crippen molar-refractivity contribution in [2.24, 2.45) is 0 Å². The van der Waals surface area contributed by atoms with Crippen molar-refractivity contribution in [3.8, 4) is 0 Å². The van der Waals surface area contributed by atoms with E-state index in [0.717, 1.165) is 4.42 Å². The van der Waals surface area contributed by atoms with Crippen molar-refractivity contribution in [1.29, 1.82) is 0 Å². The maximum Gasteiger partial charge on any atom is 0.587 e. The predicted molar refractivity (Wildman–Crippen MR) is 18.4 cm³/mol. The van der Waals surface area contributed by atoms with Crippen LogP contribution in [-0.2, 0) is 4.79 Å². The van der Waals surface area contributed by atoms with E-state index in [2.05, 4.69) is 0 Å². The molecule has 0 amide bonds. The van der Waals surface area contributed by atoms with Crippen LogP contribution in [0.25, 0.3) is 0 Å². The smallest absolute Gasteiger partial charge is 0.337 e. The SMILES string of the molecule is O=[CH][Mg][Cl]. The highest BCUT2D eigenvalue weighted by Crippen LogP contribution is 1.51. The van der Waals surface area contributed by atoms with Crippen LogP contribution in [0.1, 0.15) is 0 Å². The van der Waals surface area contributed by atoms with E-state index in [1.54, 1.807) is 0 Å². The summed E-state index contributed by atoms with van der Waals surface area (Å²) in [5, 5.41) is 0. The monoisotopic (exact) mass is 88.0 g/mol. The van der Waals surface area contributed by atoms with Crippen LogP contribution in [0.4, 0.5) is 0 Å². The van der Waals surface area contributed by atoms with E-state index in [4.69, 9.17) is 13.9 Å². The van der Waals surface area contributed by atoms with E-state index in [0.29, 0.717) is 0 Å². The second-order valence-electron chi connectivity index (χ2n) is 0.321. The van der Waals surface area contributed by atoms with Crippen LogP contribution in [0.5, 0.6) is 0 Å². The highest BCUT2D eigenvalue weighted by molar-refractivity contribution is 7.08. The first-order valence-electron chi connectivity index (χ1n) is 0.911. The number of hydrogen-bond acceptors (Lipinski definition) is 1. The Bertz CT molecular complexity index is 22.0. The molecule has 0 aliphatic heterocycles. The van der Waals surface area contributed by atoms with Gasteiger partial charge in [-0.3, -0.25) is 0 Å². The van der Waals surface area contributed by atoms with E-state index in [-0.39, 0.29) is 0 Å². The van der Waals surface area contributed by atoms with E-state index in [1.807, 2.05) is 0 Å². The molecule has 0 bridgehead atoms. The molecular formula is CHClMgO. The summed E-state index contributed by atoms with van der Waals surface area (Å²) in [5.41, 5.74) is 0. The van der Waals surface area contributed by atoms with Crippen molar-refractivity contribution in [2.45, 2.75) is 0 Å². The van der Waals surface area contributed by atoms with E-state index in [1.165, 1.54) is 0 Å². The Morgan fingerprint density at radius 2 is 2.25 bits per heavy atom. The summed E-state index contributed by atoms with van der Waals surface area (Å²) in [6.07, 6.45) is 0. The standard InChI is InChI=1S/CHO.ClH.Mg/c1-2;;/h1H;1H;/q;;+1/p-1. The minimum absolute atomic E-state index is 0.779. The summed E-state index contributed by atoms with van der Waals surface area (Å²) < 4.78 is 0.779. The molecule has 3 heteroatoms. The quantitative estimate of drug-likeness (QED) is 0.327. The lowest BCUT2D eigenvalue weighted by Gasteiger charge is -1.40. The van der Waals surface area contributed by atoms with Crippen molar-refractivity contribution in [2.75, 3.05) is 0 Å². The van der Waals surface area contributed by atoms with Crippen molar-refractivity contribution in [1.82, 2.24) is 0 Å². The molecule has 0 aromatic carbocycles. The van der Waals surface area contributed by atoms with Gasteiger partial charge in [0.25, 0.3) is 0 Å². The zero-order valence-electron chi connectivity index (χ0n) is 2.07. The second kappa shape index (κ2) is 3.73. The summed E-state index contributed by atoms with van der Waals surface area (Å²) in [6.45, 7) is 0. The second-order valence-corrected chi connectivity index (χ2v) is 1.89. The van der Waals surface area contributed by atoms with E-state index in [9.17, 15) is 0 Å². The van der Waals surface area contributed by atoms with Gasteiger partial charge in [-0.1, -0.05) is 0 Å². The summed E-state index contributed by atoms with van der Waals surface area (Å²) in [7, 11) is 4.96. The molecule has 0 aliphatic rings. The molecule has 0 aromatic rings. The molecule has 0 fully saturated rings. The molecule has 0 unspecified atom stereocenters. The third-order valence-electron chi connectivity index (χ3n) is 0.0630. The van der Waals surface area contributed by atoms with Gasteiger partial charge in [0, 0.05) is 4.42 Å². The van der Waals surface area contributed by atoms with Crippen LogP contribution in [0.3, 0.4) is 0 Å². The molecule has 0 N–H and O–H groups in total. The molecular weight excluding hydrogens is 87.8 g/mol. The summed E-state index contributed by atoms with van der Waals surface area (Å²) >= 11 is -0.784. The minimum atomic E-state index is -0.784. The number of carbonyl (C=O) groups excluding carboxylic acids is 1. The number of halogens is 1. The average molecular weight is 88.8 g/mol. The maximum atomic E-state index is 9.10. The Hall–Kier alpha value is 0.726. The van der Waals surface area contributed by atoms with Gasteiger partial charge in [-0.15, -0.1) is 0 Å². The molecule has 0 saturated heterocycles. The number of hydrogen-bond donors (Lipinski definition) is 0. The molecule has 0 aromatic heterocycles. The van der Waals surface area contributed by atoms with Gasteiger partial charge < -0.3 is 13.9 Å². The normalized spacial score (nSPS) is 4.25. The predicted octanol–water partition coefficient (Wildman–Crippen LogP) is 0.0346. The average Bonchev–Trinajstić information content (AvgIpc) is 1.37. The van der Waals surface area contributed by atoms with Crippen LogP contribution >= 0.6 is 9.07 Å². The molecule has 0 rings (SSSR count). The largest absolute Gasteiger partial charge is 0.587 e. The fourth-order valence-corrected chi connectivity index (χ4v) is 0. The first-order chi connectivity index (χ1) is 1.91. The topological polar surface area (TPSA) is 17.1 Å². The zero-order valence-corrected chi connectivity index (χ0v) is 4.24. The van der Waals surface area contributed by atoms with Gasteiger partial charge in [-0.25, -0.2) is 0 Å². The Kier molecular flexibility index (Phi) is 4.40. The van der Waals surface area contributed by atoms with Crippen LogP contribution < -0.4 is 0 Å². The number of rotatable bonds is 1. The molecule has 0 atom stereocenters. The van der Waals surface area contributed by atoms with Gasteiger partial charge in [-0.05, 0) is 0 Å². The summed E-state index contributed by atoms with van der Waals surface area (Å²) in [5.74, 6) is 0. The molecule has 0 heterocycles. The third-order valence-corrected chi connectivity index (χ3v) is 0.567. The van der Waals surface area contributed by atoms with Gasteiger partial charge in [0.05, 0.1) is 0 Å². The maximum absolute atomic E-state index is 9.10. The molecule has 0 aliphatic carbocycles. The Morgan fingerprint density at radius 3 is 2.25 bits per heavy atom. The van der Waals surface area contributed by atoms with Crippen molar-refractivity contribution in [3.05, 3.63) is 0 Å². The zero-order chi connectivity index (χ0) is 3.41. The Morgan fingerprint density at radius 1 is 2.00 bits per heavy atom. The van der Waals surface area contributed by atoms with Crippen LogP contribution in [0.2, 0.25) is 0 Å². The minimum Gasteiger partial charge on any atom is -0.337 e. The molecule has 20 valence electrons. The van der Waals surface area contributed by atoms with Crippen LogP contribution in [0.15, 0.2) is 0 Å². The van der Waals surface area contributed by atoms with Gasteiger partial charge in [0.15, 0.2) is 0 Å². The summed E-state index contributed by atoms with van der Waals surface area (Å²) in [6, 6.07) is 0. The lowest BCUT2D eigenvalue weighted by Crippen LogP contribution is -1.70. The first kappa shape index (κ1) is 4.73. The van der Waals surface area contributed by atoms with Gasteiger partial charge in [0.1, 0.15) is 0 Å². The molecule has 0 radical (unpaired) electrons. The van der Waals surface area contributed by atoms with Crippen LogP contribution in [-0.4, -0.2) is 23.7 Å². The van der Waals surface area contributed by atoms with Gasteiger partial charge in [0.2, 0.25) is 0 Å². The Labute approximate surface area is 37.8 Å². The molecule has 4 heavy (non-hydrogen) atoms. The Balaban J connectivity index is 2.30. The fraction of sp³-hybridized carbons (Fsp3) is 0. The van der Waals surface area contributed by atoms with Crippen molar-refractivity contribution in [3.63, 3.8) is 0 Å². The highest BCUT2D eigenvalue weighted by Gasteiger charge is 1.74. The van der Waals surface area contributed by atoms with E-state index < -0.39 is 19.3 Å². The lowest BCUT2D eigenvalue weighted by molar-refractivity contribution is 0.569. The van der Waals surface area contributed by atoms with Crippen LogP contribution in [0, 0.1) is 0 Å². The molecule has 0 spiro atoms. The van der Waals surface area contributed by atoms with Gasteiger partial charge >= 0.3 is 19.3 Å². The van der Waals surface area contributed by atoms with Crippen molar-refractivity contribution < 1.29 is 4.79 Å². The fourth-order valence-electron chi connectivity index (χ4n) is 0. The first-order valence-corrected chi connectivity index (χ1v) is 3.87. The third kappa shape index (κ3) is 2.73. The lowest BCUT2D eigenvalue weighted by atomic mass is 11.8. The van der Waals surface area contributed by atoms with Crippen molar-refractivity contribution >= 4 is 32.8 Å². The molecule has 0 saturated carbocycles. The van der Waals surface area contributed by atoms with Gasteiger partial charge in [-0.2, -0.15) is 0 Å². The number of carbonyl (C=O) groups is 1. The van der Waals surface area contributed by atoms with E-state index >= 15 is 0 Å². The summed E-state index contributed by atoms with van der Waals surface area (Å²) in [4.78, 5) is 9.10.